The molecule has 1 atom stereocenters. The second-order valence-corrected chi connectivity index (χ2v) is 5.81. The Morgan fingerprint density at radius 3 is 2.54 bits per heavy atom. The molecule has 1 N–H and O–H groups in total. The lowest BCUT2D eigenvalue weighted by Crippen LogP contribution is -2.48. The molecule has 1 aliphatic carbocycles. The van der Waals surface area contributed by atoms with Crippen molar-refractivity contribution in [3.63, 3.8) is 0 Å². The van der Waals surface area contributed by atoms with E-state index in [0.29, 0.717) is 5.56 Å². The van der Waals surface area contributed by atoms with Crippen molar-refractivity contribution in [3.05, 3.63) is 41.5 Å². The number of ether oxygens (including phenoxy) is 1. The number of carbonyl (C=O) groups is 2. The molecule has 1 aromatic rings. The van der Waals surface area contributed by atoms with Crippen LogP contribution in [0.25, 0.3) is 6.08 Å². The number of nitriles is 2. The number of rotatable bonds is 6. The number of esters is 1. The first-order chi connectivity index (χ1) is 11.5. The predicted molar refractivity (Wildman–Crippen MR) is 86.0 cm³/mol. The molecule has 0 aromatic heterocycles. The zero-order valence-corrected chi connectivity index (χ0v) is 13.3. The molecule has 0 unspecified atom stereocenters. The Morgan fingerprint density at radius 2 is 2.00 bits per heavy atom. The van der Waals surface area contributed by atoms with Crippen molar-refractivity contribution in [1.29, 1.82) is 10.5 Å². The van der Waals surface area contributed by atoms with Gasteiger partial charge in [-0.25, -0.2) is 4.79 Å². The van der Waals surface area contributed by atoms with Gasteiger partial charge < -0.3 is 10.1 Å². The Bertz CT molecular complexity index is 736. The van der Waals surface area contributed by atoms with E-state index < -0.39 is 24.0 Å². The second-order valence-electron chi connectivity index (χ2n) is 5.81. The lowest BCUT2D eigenvalue weighted by molar-refractivity contribution is -0.144. The van der Waals surface area contributed by atoms with Crippen LogP contribution in [0.5, 0.6) is 0 Å². The normalized spacial score (nSPS) is 15.8. The average molecular weight is 323 g/mol. The summed E-state index contributed by atoms with van der Waals surface area (Å²) in [7, 11) is 0. The Hall–Kier alpha value is -3.12. The molecule has 1 aliphatic rings. The number of nitrogens with zero attached hydrogens (tertiary/aromatic N) is 2. The van der Waals surface area contributed by atoms with Gasteiger partial charge in [-0.15, -0.1) is 0 Å². The summed E-state index contributed by atoms with van der Waals surface area (Å²) < 4.78 is 4.86. The molecule has 0 saturated heterocycles. The summed E-state index contributed by atoms with van der Waals surface area (Å²) in [6.45, 7) is 1.25. The molecule has 6 nitrogen and oxygen atoms in total. The van der Waals surface area contributed by atoms with Crippen LogP contribution in [0.2, 0.25) is 0 Å². The molecule has 0 heterocycles. The van der Waals surface area contributed by atoms with Crippen LogP contribution in [0, 0.1) is 28.6 Å². The third-order valence-electron chi connectivity index (χ3n) is 3.82. The highest BCUT2D eigenvalue weighted by Crippen LogP contribution is 2.39. The number of nitrogens with one attached hydrogen (secondary N) is 1. The van der Waals surface area contributed by atoms with E-state index in [2.05, 4.69) is 11.4 Å². The monoisotopic (exact) mass is 323 g/mol. The summed E-state index contributed by atoms with van der Waals surface area (Å²) in [5.41, 5.74) is 0.366. The van der Waals surface area contributed by atoms with Crippen LogP contribution in [0.4, 0.5) is 0 Å². The minimum absolute atomic E-state index is 0.165. The molecular weight excluding hydrogens is 306 g/mol. The summed E-state index contributed by atoms with van der Waals surface area (Å²) in [4.78, 5) is 23.4. The van der Waals surface area contributed by atoms with E-state index in [9.17, 15) is 9.59 Å². The number of benzene rings is 1. The molecule has 1 saturated carbocycles. The average Bonchev–Trinajstić information content (AvgIpc) is 3.44. The molecule has 2 rings (SSSR count). The van der Waals surface area contributed by atoms with Crippen LogP contribution in [0.15, 0.2) is 30.3 Å². The Balaban J connectivity index is 1.80. The molecule has 1 aromatic carbocycles. The van der Waals surface area contributed by atoms with Crippen molar-refractivity contribution < 1.29 is 14.3 Å². The van der Waals surface area contributed by atoms with Crippen molar-refractivity contribution in [1.82, 2.24) is 5.32 Å². The molecule has 24 heavy (non-hydrogen) atoms. The van der Waals surface area contributed by atoms with Gasteiger partial charge in [0.05, 0.1) is 17.7 Å². The number of hydrogen-bond acceptors (Lipinski definition) is 5. The lowest BCUT2D eigenvalue weighted by atomic mass is 9.98. The van der Waals surface area contributed by atoms with E-state index in [-0.39, 0.29) is 5.92 Å². The Kier molecular flexibility index (Phi) is 5.34. The molecule has 122 valence electrons. The van der Waals surface area contributed by atoms with Gasteiger partial charge in [-0.05, 0) is 49.5 Å². The summed E-state index contributed by atoms with van der Waals surface area (Å²) in [5.74, 6) is -0.982. The van der Waals surface area contributed by atoms with Gasteiger partial charge in [-0.2, -0.15) is 10.5 Å². The van der Waals surface area contributed by atoms with E-state index in [1.807, 2.05) is 6.07 Å². The summed E-state index contributed by atoms with van der Waals surface area (Å²) in [5, 5.41) is 20.5. The van der Waals surface area contributed by atoms with Crippen LogP contribution < -0.4 is 5.32 Å². The summed E-state index contributed by atoms with van der Waals surface area (Å²) in [6.07, 6.45) is 4.57. The minimum atomic E-state index is -0.901. The summed E-state index contributed by atoms with van der Waals surface area (Å²) in [6, 6.07) is 10.8. The van der Waals surface area contributed by atoms with Crippen molar-refractivity contribution in [2.75, 3.05) is 6.61 Å². The van der Waals surface area contributed by atoms with Gasteiger partial charge in [0, 0.05) is 6.08 Å². The minimum Gasteiger partial charge on any atom is -0.452 e. The van der Waals surface area contributed by atoms with Crippen LogP contribution in [0.1, 0.15) is 30.9 Å². The topological polar surface area (TPSA) is 103 Å². The maximum atomic E-state index is 11.8. The van der Waals surface area contributed by atoms with Gasteiger partial charge in [-0.1, -0.05) is 12.1 Å². The number of amides is 1. The Morgan fingerprint density at radius 1 is 1.33 bits per heavy atom. The fourth-order valence-electron chi connectivity index (χ4n) is 2.23. The number of carbonyl (C=O) groups excluding carboxylic acids is 2. The SMILES string of the molecule is C[C@](C#N)(NC(=O)COC(=O)/C=C/c1ccc(C#N)cc1)C1CC1. The van der Waals surface area contributed by atoms with E-state index in [0.717, 1.165) is 18.4 Å². The lowest BCUT2D eigenvalue weighted by Gasteiger charge is -2.22. The maximum absolute atomic E-state index is 11.8. The van der Waals surface area contributed by atoms with Gasteiger partial charge in [-0.3, -0.25) is 4.79 Å². The quantitative estimate of drug-likeness (QED) is 0.636. The molecule has 1 amide bonds. The highest BCUT2D eigenvalue weighted by Gasteiger charge is 2.43. The van der Waals surface area contributed by atoms with E-state index >= 15 is 0 Å². The van der Waals surface area contributed by atoms with E-state index in [1.54, 1.807) is 31.2 Å². The van der Waals surface area contributed by atoms with Crippen LogP contribution >= 0.6 is 0 Å². The van der Waals surface area contributed by atoms with Gasteiger partial charge >= 0.3 is 5.97 Å². The third-order valence-corrected chi connectivity index (χ3v) is 3.82. The van der Waals surface area contributed by atoms with Crippen molar-refractivity contribution in [3.8, 4) is 12.1 Å². The van der Waals surface area contributed by atoms with Crippen LogP contribution in [0.3, 0.4) is 0 Å². The van der Waals surface area contributed by atoms with Gasteiger partial charge in [0.2, 0.25) is 0 Å². The van der Waals surface area contributed by atoms with E-state index in [4.69, 9.17) is 15.3 Å². The molecule has 1 fully saturated rings. The van der Waals surface area contributed by atoms with Gasteiger partial charge in [0.1, 0.15) is 5.54 Å². The van der Waals surface area contributed by atoms with Crippen molar-refractivity contribution in [2.24, 2.45) is 5.92 Å². The third kappa shape index (κ3) is 4.69. The number of hydrogen-bond donors (Lipinski definition) is 1. The van der Waals surface area contributed by atoms with Crippen molar-refractivity contribution in [2.45, 2.75) is 25.3 Å². The zero-order valence-electron chi connectivity index (χ0n) is 13.3. The van der Waals surface area contributed by atoms with Gasteiger partial charge in [0.25, 0.3) is 5.91 Å². The fourth-order valence-corrected chi connectivity index (χ4v) is 2.23. The predicted octanol–water partition coefficient (Wildman–Crippen LogP) is 1.92. The highest BCUT2D eigenvalue weighted by molar-refractivity contribution is 5.89. The van der Waals surface area contributed by atoms with Crippen LogP contribution in [-0.2, 0) is 14.3 Å². The van der Waals surface area contributed by atoms with E-state index in [1.165, 1.54) is 12.2 Å². The Labute approximate surface area is 140 Å². The molecular formula is C18H17N3O3. The fraction of sp³-hybridized carbons (Fsp3) is 0.333. The molecule has 0 bridgehead atoms. The standard InChI is InChI=1S/C18H17N3O3/c1-18(12-20,15-7-8-15)21-16(22)11-24-17(23)9-6-13-2-4-14(10-19)5-3-13/h2-6,9,15H,7-8,11H2,1H3,(H,21,22)/b9-6+/t18-/m1/s1. The molecule has 0 aliphatic heterocycles. The summed E-state index contributed by atoms with van der Waals surface area (Å²) >= 11 is 0. The van der Waals surface area contributed by atoms with Crippen LogP contribution in [-0.4, -0.2) is 24.0 Å². The second kappa shape index (κ2) is 7.43. The first kappa shape index (κ1) is 17.2. The maximum Gasteiger partial charge on any atom is 0.331 e. The highest BCUT2D eigenvalue weighted by atomic mass is 16.5. The zero-order chi connectivity index (χ0) is 17.6. The first-order valence-electron chi connectivity index (χ1n) is 7.54. The molecule has 0 spiro atoms. The smallest absolute Gasteiger partial charge is 0.331 e. The first-order valence-corrected chi connectivity index (χ1v) is 7.54. The molecule has 6 heteroatoms. The largest absolute Gasteiger partial charge is 0.452 e. The van der Waals surface area contributed by atoms with Gasteiger partial charge in [0.15, 0.2) is 6.61 Å². The molecule has 0 radical (unpaired) electrons. The van der Waals surface area contributed by atoms with Crippen molar-refractivity contribution >= 4 is 18.0 Å².